The molecule has 5 aromatic carbocycles. The van der Waals surface area contributed by atoms with Crippen LogP contribution in [0.15, 0.2) is 103 Å². The van der Waals surface area contributed by atoms with E-state index < -0.39 is 16.0 Å². The zero-order chi connectivity index (χ0) is 36.5. The van der Waals surface area contributed by atoms with E-state index in [2.05, 4.69) is 92.1 Å². The minimum Gasteiger partial charge on any atom is -0.493 e. The molecule has 9 heteroatoms. The van der Waals surface area contributed by atoms with Crippen molar-refractivity contribution >= 4 is 28.0 Å². The van der Waals surface area contributed by atoms with Gasteiger partial charge < -0.3 is 15.4 Å². The summed E-state index contributed by atoms with van der Waals surface area (Å²) in [7, 11) is -2.13. The lowest BCUT2D eigenvalue weighted by molar-refractivity contribution is -0.117. The molecule has 1 unspecified atom stereocenters. The summed E-state index contributed by atoms with van der Waals surface area (Å²) in [5.74, 6) is 0.266. The van der Waals surface area contributed by atoms with Crippen LogP contribution in [0.25, 0.3) is 22.3 Å². The predicted molar refractivity (Wildman–Crippen MR) is 204 cm³/mol. The van der Waals surface area contributed by atoms with Crippen molar-refractivity contribution in [3.8, 4) is 28.0 Å². The van der Waals surface area contributed by atoms with Gasteiger partial charge in [0, 0.05) is 24.2 Å². The summed E-state index contributed by atoms with van der Waals surface area (Å²) in [5, 5.41) is 5.75. The van der Waals surface area contributed by atoms with Gasteiger partial charge in [0.25, 0.3) is 10.1 Å². The van der Waals surface area contributed by atoms with Gasteiger partial charge in [-0.1, -0.05) is 84.4 Å². The minimum atomic E-state index is -3.75. The highest BCUT2D eigenvalue weighted by Gasteiger charge is 2.22. The second-order valence-electron chi connectivity index (χ2n) is 12.9. The van der Waals surface area contributed by atoms with Crippen molar-refractivity contribution in [1.29, 1.82) is 0 Å². The van der Waals surface area contributed by atoms with E-state index in [0.717, 1.165) is 58.6 Å². The summed E-state index contributed by atoms with van der Waals surface area (Å²) < 4.78 is 33.6. The normalized spacial score (nSPS) is 12.6. The molecule has 1 amide bonds. The van der Waals surface area contributed by atoms with Crippen molar-refractivity contribution in [2.75, 3.05) is 31.3 Å². The van der Waals surface area contributed by atoms with Gasteiger partial charge in [-0.05, 0) is 109 Å². The molecule has 5 aromatic rings. The Labute approximate surface area is 300 Å². The number of ether oxygens (including phenoxy) is 1. The maximum absolute atomic E-state index is 13.8. The largest absolute Gasteiger partial charge is 0.493 e. The highest BCUT2D eigenvalue weighted by Crippen LogP contribution is 2.33. The molecule has 0 aliphatic carbocycles. The first-order valence-electron chi connectivity index (χ1n) is 16.9. The van der Waals surface area contributed by atoms with Crippen molar-refractivity contribution in [3.05, 3.63) is 142 Å². The molecule has 1 aliphatic rings. The van der Waals surface area contributed by atoms with Crippen LogP contribution < -0.4 is 15.4 Å². The SMILES string of the molecule is CNCCS(=O)(=O)O.Cc1cc(C)c(-c2ccc(NC(=O)C(Cc3ccc(C=O)cc3)c3ccc(-c4ccc5c(c4)CCO5)cc3)cc2)c(C)c1. The highest BCUT2D eigenvalue weighted by molar-refractivity contribution is 7.85. The van der Waals surface area contributed by atoms with E-state index >= 15 is 0 Å². The number of aryl methyl sites for hydroxylation is 3. The molecule has 0 fully saturated rings. The van der Waals surface area contributed by atoms with Gasteiger partial charge in [0.05, 0.1) is 18.3 Å². The maximum atomic E-state index is 13.8. The third-order valence-corrected chi connectivity index (χ3v) is 9.66. The number of anilines is 1. The molecule has 6 rings (SSSR count). The van der Waals surface area contributed by atoms with Crippen molar-refractivity contribution < 1.29 is 27.3 Å². The third-order valence-electron chi connectivity index (χ3n) is 8.94. The summed E-state index contributed by atoms with van der Waals surface area (Å²) in [6.45, 7) is 7.42. The molecule has 0 aromatic heterocycles. The van der Waals surface area contributed by atoms with Gasteiger partial charge in [-0.3, -0.25) is 14.1 Å². The molecule has 0 saturated heterocycles. The Hall–Kier alpha value is -5.09. The number of hydrogen-bond acceptors (Lipinski definition) is 6. The van der Waals surface area contributed by atoms with E-state index in [1.54, 1.807) is 19.2 Å². The Morgan fingerprint density at radius 2 is 1.47 bits per heavy atom. The van der Waals surface area contributed by atoms with Gasteiger partial charge in [-0.25, -0.2) is 0 Å². The number of nitrogens with one attached hydrogen (secondary N) is 2. The average molecular weight is 705 g/mol. The topological polar surface area (TPSA) is 122 Å². The van der Waals surface area contributed by atoms with Gasteiger partial charge in [0.1, 0.15) is 12.0 Å². The highest BCUT2D eigenvalue weighted by atomic mass is 32.2. The van der Waals surface area contributed by atoms with E-state index in [1.807, 2.05) is 30.3 Å². The van der Waals surface area contributed by atoms with Crippen LogP contribution in [0.5, 0.6) is 5.75 Å². The monoisotopic (exact) mass is 704 g/mol. The molecular formula is C42H44N2O6S. The molecule has 8 nitrogen and oxygen atoms in total. The second-order valence-corrected chi connectivity index (χ2v) is 14.5. The Kier molecular flexibility index (Phi) is 12.2. The Bertz CT molecular complexity index is 2070. The summed E-state index contributed by atoms with van der Waals surface area (Å²) in [5.41, 5.74) is 12.9. The van der Waals surface area contributed by atoms with Crippen molar-refractivity contribution in [3.63, 3.8) is 0 Å². The van der Waals surface area contributed by atoms with Crippen LogP contribution in [0.3, 0.4) is 0 Å². The molecular weight excluding hydrogens is 661 g/mol. The third kappa shape index (κ3) is 10.0. The van der Waals surface area contributed by atoms with E-state index in [9.17, 15) is 18.0 Å². The molecule has 1 atom stereocenters. The van der Waals surface area contributed by atoms with Crippen molar-refractivity contribution in [2.45, 2.75) is 39.5 Å². The smallest absolute Gasteiger partial charge is 0.266 e. The quantitative estimate of drug-likeness (QED) is 0.0950. The predicted octanol–water partition coefficient (Wildman–Crippen LogP) is 7.75. The number of rotatable bonds is 11. The lowest BCUT2D eigenvalue weighted by Crippen LogP contribution is -2.23. The fourth-order valence-corrected chi connectivity index (χ4v) is 6.88. The van der Waals surface area contributed by atoms with Crippen LogP contribution in [0, 0.1) is 20.8 Å². The number of benzene rings is 5. The summed E-state index contributed by atoms with van der Waals surface area (Å²) >= 11 is 0. The molecule has 3 N–H and O–H groups in total. The van der Waals surface area contributed by atoms with Crippen molar-refractivity contribution in [2.24, 2.45) is 0 Å². The zero-order valence-corrected chi connectivity index (χ0v) is 30.2. The van der Waals surface area contributed by atoms with E-state index in [4.69, 9.17) is 9.29 Å². The fraction of sp³-hybridized carbons (Fsp3) is 0.238. The molecule has 1 heterocycles. The first-order valence-corrected chi connectivity index (χ1v) is 18.5. The van der Waals surface area contributed by atoms with Crippen LogP contribution >= 0.6 is 0 Å². The summed E-state index contributed by atoms with van der Waals surface area (Å²) in [4.78, 5) is 25.0. The van der Waals surface area contributed by atoms with Gasteiger partial charge in [-0.15, -0.1) is 0 Å². The first-order chi connectivity index (χ1) is 24.4. The number of carbonyl (C=O) groups is 2. The number of hydrogen-bond donors (Lipinski definition) is 3. The Morgan fingerprint density at radius 3 is 2.06 bits per heavy atom. The second kappa shape index (κ2) is 16.7. The van der Waals surface area contributed by atoms with Crippen LogP contribution in [-0.4, -0.2) is 51.1 Å². The minimum absolute atomic E-state index is 0.0719. The van der Waals surface area contributed by atoms with E-state index in [1.165, 1.54) is 27.8 Å². The molecule has 0 spiro atoms. The van der Waals surface area contributed by atoms with Gasteiger partial charge >= 0.3 is 0 Å². The first kappa shape index (κ1) is 37.2. The van der Waals surface area contributed by atoms with Crippen LogP contribution in [0.4, 0.5) is 5.69 Å². The molecule has 0 saturated carbocycles. The van der Waals surface area contributed by atoms with E-state index in [-0.39, 0.29) is 11.7 Å². The van der Waals surface area contributed by atoms with Gasteiger partial charge in [0.2, 0.25) is 5.91 Å². The van der Waals surface area contributed by atoms with Gasteiger partial charge in [0.15, 0.2) is 0 Å². The van der Waals surface area contributed by atoms with Crippen molar-refractivity contribution in [1.82, 2.24) is 5.32 Å². The fourth-order valence-electron chi connectivity index (χ4n) is 6.42. The average Bonchev–Trinajstić information content (AvgIpc) is 3.59. The number of aldehydes is 1. The number of carbonyl (C=O) groups excluding carboxylic acids is 2. The summed E-state index contributed by atoms with van der Waals surface area (Å²) in [6, 6.07) is 34.5. The molecule has 51 heavy (non-hydrogen) atoms. The molecule has 0 radical (unpaired) electrons. The molecule has 0 bridgehead atoms. The summed E-state index contributed by atoms with van der Waals surface area (Å²) in [6.07, 6.45) is 2.28. The van der Waals surface area contributed by atoms with Crippen LogP contribution in [-0.2, 0) is 27.8 Å². The van der Waals surface area contributed by atoms with Crippen LogP contribution in [0.1, 0.15) is 49.7 Å². The molecule has 1 aliphatic heterocycles. The molecule has 264 valence electrons. The Morgan fingerprint density at radius 1 is 0.843 bits per heavy atom. The standard InChI is InChI=1S/C39H35NO3.C3H9NO3S/c1-25-20-26(2)38(27(3)21-25)32-12-15-35(16-13-32)40-39(42)36(22-28-4-6-29(24-41)7-5-28)31-10-8-30(9-11-31)33-14-17-37-34(23-33)18-19-43-37;1-4-2-3-8(5,6)7/h4-17,20-21,23-24,36H,18-19,22H2,1-3H3,(H,40,42);4H,2-3H2,1H3,(H,5,6,7). The Balaban J connectivity index is 0.000000565. The lowest BCUT2D eigenvalue weighted by atomic mass is 9.89. The van der Waals surface area contributed by atoms with Gasteiger partial charge in [-0.2, -0.15) is 8.42 Å². The number of fused-ring (bicyclic) bond motifs is 1. The van der Waals surface area contributed by atoms with Crippen LogP contribution in [0.2, 0.25) is 0 Å². The lowest BCUT2D eigenvalue weighted by Gasteiger charge is -2.19. The zero-order valence-electron chi connectivity index (χ0n) is 29.4. The maximum Gasteiger partial charge on any atom is 0.266 e. The van der Waals surface area contributed by atoms with E-state index in [0.29, 0.717) is 18.5 Å². The number of amides is 1.